The van der Waals surface area contributed by atoms with E-state index < -0.39 is 0 Å². The molecular weight excluding hydrogens is 288 g/mol. The molecular formula is C18H20N4O. The van der Waals surface area contributed by atoms with Crippen LogP contribution in [0.3, 0.4) is 0 Å². The quantitative estimate of drug-likeness (QED) is 0.746. The van der Waals surface area contributed by atoms with Gasteiger partial charge in [0.25, 0.3) is 5.56 Å². The maximum Gasteiger partial charge on any atom is 0.294 e. The van der Waals surface area contributed by atoms with Crippen LogP contribution in [0.4, 0.5) is 0 Å². The van der Waals surface area contributed by atoms with Crippen molar-refractivity contribution in [2.75, 3.05) is 13.1 Å². The fourth-order valence-corrected chi connectivity index (χ4v) is 3.46. The summed E-state index contributed by atoms with van der Waals surface area (Å²) < 4.78 is 3.64. The topological polar surface area (TPSA) is 42.5 Å². The number of imidazole rings is 1. The van der Waals surface area contributed by atoms with Crippen LogP contribution in [0.5, 0.6) is 0 Å². The van der Waals surface area contributed by atoms with E-state index >= 15 is 0 Å². The van der Waals surface area contributed by atoms with Gasteiger partial charge >= 0.3 is 0 Å². The van der Waals surface area contributed by atoms with Gasteiger partial charge in [-0.1, -0.05) is 30.3 Å². The molecule has 1 atom stereocenters. The third-order valence-corrected chi connectivity index (χ3v) is 4.61. The first-order valence-electron chi connectivity index (χ1n) is 8.11. The number of hydrogen-bond acceptors (Lipinski definition) is 3. The SMILES string of the molecule is O=c1c2nccn2ccn1C1CCCN(Cc2ccccc2)C1. The van der Waals surface area contributed by atoms with Gasteiger partial charge in [-0.25, -0.2) is 4.98 Å². The Morgan fingerprint density at radius 2 is 2.00 bits per heavy atom. The van der Waals surface area contributed by atoms with Crippen molar-refractivity contribution in [2.45, 2.75) is 25.4 Å². The minimum absolute atomic E-state index is 0.00376. The summed E-state index contributed by atoms with van der Waals surface area (Å²) in [5, 5.41) is 0. The third-order valence-electron chi connectivity index (χ3n) is 4.61. The first-order chi connectivity index (χ1) is 11.3. The Labute approximate surface area is 134 Å². The Hall–Kier alpha value is -2.40. The summed E-state index contributed by atoms with van der Waals surface area (Å²) in [7, 11) is 0. The van der Waals surface area contributed by atoms with Gasteiger partial charge in [0, 0.05) is 43.9 Å². The van der Waals surface area contributed by atoms with E-state index in [4.69, 9.17) is 0 Å². The van der Waals surface area contributed by atoms with Crippen LogP contribution in [0.1, 0.15) is 24.4 Å². The number of fused-ring (bicyclic) bond motifs is 1. The highest BCUT2D eigenvalue weighted by atomic mass is 16.1. The van der Waals surface area contributed by atoms with Gasteiger partial charge in [0.2, 0.25) is 5.65 Å². The van der Waals surface area contributed by atoms with Crippen LogP contribution in [-0.4, -0.2) is 31.9 Å². The molecule has 1 saturated heterocycles. The van der Waals surface area contributed by atoms with E-state index in [1.54, 1.807) is 10.6 Å². The number of likely N-dealkylation sites (tertiary alicyclic amines) is 1. The highest BCUT2D eigenvalue weighted by Gasteiger charge is 2.22. The predicted molar refractivity (Wildman–Crippen MR) is 89.4 cm³/mol. The summed E-state index contributed by atoms with van der Waals surface area (Å²) in [4.78, 5) is 19.2. The van der Waals surface area contributed by atoms with E-state index in [1.807, 2.05) is 29.2 Å². The number of aromatic nitrogens is 3. The second kappa shape index (κ2) is 6.01. The maximum atomic E-state index is 12.6. The lowest BCUT2D eigenvalue weighted by Gasteiger charge is -2.33. The van der Waals surface area contributed by atoms with E-state index in [2.05, 4.69) is 34.1 Å². The van der Waals surface area contributed by atoms with Crippen molar-refractivity contribution in [3.63, 3.8) is 0 Å². The molecule has 0 bridgehead atoms. The second-order valence-corrected chi connectivity index (χ2v) is 6.19. The van der Waals surface area contributed by atoms with Gasteiger partial charge in [-0.3, -0.25) is 9.69 Å². The van der Waals surface area contributed by atoms with Gasteiger partial charge in [0.1, 0.15) is 0 Å². The molecule has 0 spiro atoms. The maximum absolute atomic E-state index is 12.6. The number of benzene rings is 1. The Morgan fingerprint density at radius 1 is 1.13 bits per heavy atom. The van der Waals surface area contributed by atoms with E-state index in [9.17, 15) is 4.79 Å². The van der Waals surface area contributed by atoms with Gasteiger partial charge < -0.3 is 8.97 Å². The first-order valence-corrected chi connectivity index (χ1v) is 8.11. The van der Waals surface area contributed by atoms with Crippen LogP contribution < -0.4 is 5.56 Å². The molecule has 5 heteroatoms. The predicted octanol–water partition coefficient (Wildman–Crippen LogP) is 2.33. The highest BCUT2D eigenvalue weighted by molar-refractivity contribution is 5.34. The zero-order valence-electron chi connectivity index (χ0n) is 13.0. The van der Waals surface area contributed by atoms with E-state index in [0.717, 1.165) is 32.5 Å². The summed E-state index contributed by atoms with van der Waals surface area (Å²) in [6, 6.07) is 10.7. The van der Waals surface area contributed by atoms with Crippen molar-refractivity contribution < 1.29 is 0 Å². The van der Waals surface area contributed by atoms with Crippen molar-refractivity contribution in [1.82, 2.24) is 18.9 Å². The summed E-state index contributed by atoms with van der Waals surface area (Å²) in [5.41, 5.74) is 1.83. The number of hydrogen-bond donors (Lipinski definition) is 0. The molecule has 4 rings (SSSR count). The molecule has 5 nitrogen and oxygen atoms in total. The molecule has 3 aromatic rings. The van der Waals surface area contributed by atoms with Crippen LogP contribution in [0, 0.1) is 0 Å². The summed E-state index contributed by atoms with van der Waals surface area (Å²) in [6.07, 6.45) is 9.45. The van der Waals surface area contributed by atoms with E-state index in [1.165, 1.54) is 5.56 Å². The zero-order valence-corrected chi connectivity index (χ0v) is 13.0. The summed E-state index contributed by atoms with van der Waals surface area (Å²) in [6.45, 7) is 2.94. The fourth-order valence-electron chi connectivity index (χ4n) is 3.46. The lowest BCUT2D eigenvalue weighted by Crippen LogP contribution is -2.39. The Morgan fingerprint density at radius 3 is 2.87 bits per heavy atom. The van der Waals surface area contributed by atoms with Crippen molar-refractivity contribution in [3.8, 4) is 0 Å². The molecule has 3 heterocycles. The number of rotatable bonds is 3. The first kappa shape index (κ1) is 14.2. The van der Waals surface area contributed by atoms with Crippen LogP contribution in [0.15, 0.2) is 59.9 Å². The van der Waals surface area contributed by atoms with Crippen LogP contribution in [0.2, 0.25) is 0 Å². The second-order valence-electron chi connectivity index (χ2n) is 6.19. The minimum Gasteiger partial charge on any atom is -0.307 e. The largest absolute Gasteiger partial charge is 0.307 e. The standard InChI is InChI=1S/C18H20N4O/c23-18-17-19-8-10-21(17)11-12-22(18)16-7-4-9-20(14-16)13-15-5-2-1-3-6-15/h1-3,5-6,8,10-12,16H,4,7,9,13-14H2. The Balaban J connectivity index is 1.56. The lowest BCUT2D eigenvalue weighted by atomic mass is 10.0. The van der Waals surface area contributed by atoms with Gasteiger partial charge in [-0.15, -0.1) is 0 Å². The molecule has 0 radical (unpaired) electrons. The number of piperidine rings is 1. The lowest BCUT2D eigenvalue weighted by molar-refractivity contribution is 0.168. The molecule has 1 aliphatic heterocycles. The molecule has 0 aliphatic carbocycles. The zero-order chi connectivity index (χ0) is 15.6. The van der Waals surface area contributed by atoms with Gasteiger partial charge in [0.15, 0.2) is 0 Å². The highest BCUT2D eigenvalue weighted by Crippen LogP contribution is 2.21. The molecule has 0 N–H and O–H groups in total. The van der Waals surface area contributed by atoms with Crippen LogP contribution in [0.25, 0.3) is 5.65 Å². The van der Waals surface area contributed by atoms with Crippen LogP contribution in [-0.2, 0) is 6.54 Å². The molecule has 1 unspecified atom stereocenters. The van der Waals surface area contributed by atoms with E-state index in [-0.39, 0.29) is 11.6 Å². The fraction of sp³-hybridized carbons (Fsp3) is 0.333. The number of nitrogens with zero attached hydrogens (tertiary/aromatic N) is 4. The normalized spacial score (nSPS) is 19.2. The molecule has 23 heavy (non-hydrogen) atoms. The summed E-state index contributed by atoms with van der Waals surface area (Å²) >= 11 is 0. The summed E-state index contributed by atoms with van der Waals surface area (Å²) in [5.74, 6) is 0. The molecule has 1 aromatic carbocycles. The van der Waals surface area contributed by atoms with Gasteiger partial charge in [0.05, 0.1) is 0 Å². The average molecular weight is 308 g/mol. The molecule has 0 amide bonds. The smallest absolute Gasteiger partial charge is 0.294 e. The molecule has 2 aromatic heterocycles. The monoisotopic (exact) mass is 308 g/mol. The Kier molecular flexibility index (Phi) is 3.71. The van der Waals surface area contributed by atoms with Crippen molar-refractivity contribution in [3.05, 3.63) is 71.0 Å². The van der Waals surface area contributed by atoms with Gasteiger partial charge in [-0.05, 0) is 24.9 Å². The molecule has 0 saturated carbocycles. The molecule has 1 fully saturated rings. The molecule has 118 valence electrons. The van der Waals surface area contributed by atoms with Crippen LogP contribution >= 0.6 is 0 Å². The molecule has 1 aliphatic rings. The Bertz CT molecular complexity index is 852. The van der Waals surface area contributed by atoms with Crippen molar-refractivity contribution in [1.29, 1.82) is 0 Å². The minimum atomic E-state index is 0.00376. The van der Waals surface area contributed by atoms with Crippen molar-refractivity contribution >= 4 is 5.65 Å². The van der Waals surface area contributed by atoms with Gasteiger partial charge in [-0.2, -0.15) is 0 Å². The average Bonchev–Trinajstić information content (AvgIpc) is 3.06. The third kappa shape index (κ3) is 2.80. The van der Waals surface area contributed by atoms with E-state index in [0.29, 0.717) is 5.65 Å². The van der Waals surface area contributed by atoms with Crippen molar-refractivity contribution in [2.24, 2.45) is 0 Å².